The summed E-state index contributed by atoms with van der Waals surface area (Å²) in [7, 11) is -3.65. The number of nitrogens with zero attached hydrogens (tertiary/aromatic N) is 4. The predicted molar refractivity (Wildman–Crippen MR) is 190 cm³/mol. The Morgan fingerprint density at radius 3 is 2.48 bits per heavy atom. The van der Waals surface area contributed by atoms with Gasteiger partial charge in [-0.05, 0) is 65.8 Å². The number of carbonyl (C=O) groups excluding carboxylic acids is 2. The van der Waals surface area contributed by atoms with Gasteiger partial charge in [-0.25, -0.2) is 8.42 Å². The van der Waals surface area contributed by atoms with E-state index in [2.05, 4.69) is 14.6 Å². The van der Waals surface area contributed by atoms with E-state index < -0.39 is 35.3 Å². The molecule has 1 atom stereocenters. The van der Waals surface area contributed by atoms with E-state index in [0.29, 0.717) is 73.4 Å². The van der Waals surface area contributed by atoms with Crippen molar-refractivity contribution in [1.29, 1.82) is 0 Å². The molecule has 0 spiro atoms. The number of rotatable bonds is 16. The van der Waals surface area contributed by atoms with E-state index in [4.69, 9.17) is 37.4 Å². The average Bonchev–Trinajstić information content (AvgIpc) is 3.87. The lowest BCUT2D eigenvalue weighted by Crippen LogP contribution is -2.43. The molecule has 2 aromatic carbocycles. The lowest BCUT2D eigenvalue weighted by Gasteiger charge is -2.30. The second-order valence-corrected chi connectivity index (χ2v) is 15.6. The molecular weight excluding hydrogens is 745 g/mol. The van der Waals surface area contributed by atoms with Crippen molar-refractivity contribution in [1.82, 2.24) is 9.88 Å². The van der Waals surface area contributed by atoms with Crippen LogP contribution in [0.25, 0.3) is 0 Å². The van der Waals surface area contributed by atoms with Gasteiger partial charge in [0.25, 0.3) is 0 Å². The van der Waals surface area contributed by atoms with Crippen molar-refractivity contribution in [3.8, 4) is 11.5 Å². The Hall–Kier alpha value is -3.76. The van der Waals surface area contributed by atoms with Gasteiger partial charge in [0, 0.05) is 50.7 Å². The highest BCUT2D eigenvalue weighted by molar-refractivity contribution is 7.92. The molecule has 1 saturated carbocycles. The van der Waals surface area contributed by atoms with Crippen LogP contribution in [0.3, 0.4) is 0 Å². The van der Waals surface area contributed by atoms with Gasteiger partial charge in [-0.1, -0.05) is 29.3 Å². The fraction of sp³-hybridized carbons (Fsp3) is 0.457. The first-order valence-corrected chi connectivity index (χ1v) is 19.4. The van der Waals surface area contributed by atoms with Crippen LogP contribution in [0, 0.1) is 5.92 Å². The van der Waals surface area contributed by atoms with Gasteiger partial charge in [0.15, 0.2) is 11.5 Å². The number of carbonyl (C=O) groups is 2. The fourth-order valence-electron chi connectivity index (χ4n) is 6.14. The molecule has 0 bridgehead atoms. The third kappa shape index (κ3) is 9.61. The minimum absolute atomic E-state index is 0.0112. The number of amides is 1. The molecule has 17 heteroatoms. The summed E-state index contributed by atoms with van der Waals surface area (Å²) in [6.07, 6.45) is 4.77. The molecule has 52 heavy (non-hydrogen) atoms. The van der Waals surface area contributed by atoms with Crippen LogP contribution in [0.4, 0.5) is 20.2 Å². The van der Waals surface area contributed by atoms with Crippen LogP contribution in [0.2, 0.25) is 10.0 Å². The Kier molecular flexibility index (Phi) is 12.1. The molecule has 1 aliphatic carbocycles. The molecule has 0 radical (unpaired) electrons. The van der Waals surface area contributed by atoms with Gasteiger partial charge in [-0.3, -0.25) is 23.8 Å². The summed E-state index contributed by atoms with van der Waals surface area (Å²) in [6, 6.07) is 9.16. The Labute approximate surface area is 310 Å². The Morgan fingerprint density at radius 2 is 1.81 bits per heavy atom. The Morgan fingerprint density at radius 1 is 1.08 bits per heavy atom. The normalized spacial score (nSPS) is 16.9. The summed E-state index contributed by atoms with van der Waals surface area (Å²) in [5.41, 5.74) is 2.25. The zero-order valence-electron chi connectivity index (χ0n) is 28.3. The summed E-state index contributed by atoms with van der Waals surface area (Å²) < 4.78 is 75.2. The molecular formula is C35H38Cl2F2N4O8S. The van der Waals surface area contributed by atoms with Crippen LogP contribution < -0.4 is 18.7 Å². The number of halogens is 4. The standard InChI is InChI=1S/C35H38Cl2F2N4O8S/c1-52(46,47)43(9-8-41-10-12-48-13-11-41)25-5-6-29-24(14-25)16-33(44)42(29)20-34(45)50-31(17-26-27(36)18-40-19-28(26)37)23-4-7-30(51-35(38)39)32(15-23)49-21-22-2-3-22/h4-7,14-15,18-19,22,31,35H,2-3,8-13,16-17,20-21H2,1H3/t31-/m0/s1. The van der Waals surface area contributed by atoms with E-state index in [9.17, 15) is 26.8 Å². The lowest BCUT2D eigenvalue weighted by atomic mass is 10.0. The van der Waals surface area contributed by atoms with Crippen molar-refractivity contribution in [2.75, 3.05) is 68.0 Å². The number of sulfonamides is 1. The number of ether oxygens (including phenoxy) is 4. The number of alkyl halides is 2. The van der Waals surface area contributed by atoms with Crippen LogP contribution in [0.15, 0.2) is 48.8 Å². The summed E-state index contributed by atoms with van der Waals surface area (Å²) in [5.74, 6) is -0.936. The van der Waals surface area contributed by atoms with Gasteiger partial charge in [0.1, 0.15) is 12.6 Å². The van der Waals surface area contributed by atoms with Crippen molar-refractivity contribution in [2.45, 2.75) is 38.4 Å². The van der Waals surface area contributed by atoms with Crippen molar-refractivity contribution in [2.24, 2.45) is 5.92 Å². The summed E-state index contributed by atoms with van der Waals surface area (Å²) in [6.45, 7) is 0.0864. The Balaban J connectivity index is 1.22. The minimum atomic E-state index is -3.65. The van der Waals surface area contributed by atoms with E-state index in [1.807, 2.05) is 0 Å². The van der Waals surface area contributed by atoms with E-state index in [1.54, 1.807) is 18.2 Å². The zero-order valence-corrected chi connectivity index (χ0v) is 30.6. The number of hydrogen-bond acceptors (Lipinski definition) is 10. The first-order chi connectivity index (χ1) is 24.9. The van der Waals surface area contributed by atoms with E-state index >= 15 is 0 Å². The monoisotopic (exact) mass is 782 g/mol. The number of anilines is 2. The maximum atomic E-state index is 13.6. The lowest BCUT2D eigenvalue weighted by molar-refractivity contribution is -0.148. The highest BCUT2D eigenvalue weighted by Crippen LogP contribution is 2.39. The summed E-state index contributed by atoms with van der Waals surface area (Å²) in [5, 5.41) is 0.452. The second-order valence-electron chi connectivity index (χ2n) is 12.9. The second kappa shape index (κ2) is 16.5. The third-order valence-electron chi connectivity index (χ3n) is 9.04. The van der Waals surface area contributed by atoms with Gasteiger partial charge < -0.3 is 23.8 Å². The SMILES string of the molecule is CS(=O)(=O)N(CCN1CCOCC1)c1ccc2c(c1)CC(=O)N2CC(=O)O[C@@H](Cc1c(Cl)cncc1Cl)c1ccc(OC(F)F)c(OCC2CC2)c1. The summed E-state index contributed by atoms with van der Waals surface area (Å²) in [4.78, 5) is 34.3. The van der Waals surface area contributed by atoms with Gasteiger partial charge in [-0.15, -0.1) is 0 Å². The third-order valence-corrected chi connectivity index (χ3v) is 10.9. The number of esters is 1. The van der Waals surface area contributed by atoms with Gasteiger partial charge in [0.2, 0.25) is 15.9 Å². The van der Waals surface area contributed by atoms with E-state index in [0.717, 1.165) is 19.1 Å². The zero-order chi connectivity index (χ0) is 37.0. The van der Waals surface area contributed by atoms with Gasteiger partial charge >= 0.3 is 12.6 Å². The number of pyridine rings is 1. The number of fused-ring (bicyclic) bond motifs is 1. The van der Waals surface area contributed by atoms with Crippen molar-refractivity contribution < 1.29 is 45.7 Å². The van der Waals surface area contributed by atoms with Crippen LogP contribution in [-0.4, -0.2) is 95.6 Å². The minimum Gasteiger partial charge on any atom is -0.489 e. The molecule has 12 nitrogen and oxygen atoms in total. The van der Waals surface area contributed by atoms with Crippen molar-refractivity contribution >= 4 is 56.5 Å². The van der Waals surface area contributed by atoms with Crippen LogP contribution in [0.5, 0.6) is 11.5 Å². The van der Waals surface area contributed by atoms with Crippen LogP contribution in [0.1, 0.15) is 35.6 Å². The van der Waals surface area contributed by atoms with Crippen molar-refractivity contribution in [3.63, 3.8) is 0 Å². The van der Waals surface area contributed by atoms with Crippen LogP contribution >= 0.6 is 23.2 Å². The first kappa shape index (κ1) is 38.0. The van der Waals surface area contributed by atoms with E-state index in [-0.39, 0.29) is 46.8 Å². The molecule has 1 amide bonds. The molecule has 2 aliphatic heterocycles. The first-order valence-electron chi connectivity index (χ1n) is 16.8. The fourth-order valence-corrected chi connectivity index (χ4v) is 7.56. The van der Waals surface area contributed by atoms with Gasteiger partial charge in [-0.2, -0.15) is 8.78 Å². The molecule has 3 aliphatic rings. The van der Waals surface area contributed by atoms with Gasteiger partial charge in [0.05, 0.1) is 48.2 Å². The molecule has 3 heterocycles. The number of benzene rings is 2. The van der Waals surface area contributed by atoms with Crippen molar-refractivity contribution in [3.05, 3.63) is 75.5 Å². The van der Waals surface area contributed by atoms with Crippen LogP contribution in [-0.2, 0) is 41.9 Å². The molecule has 0 N–H and O–H groups in total. The molecule has 6 rings (SSSR count). The highest BCUT2D eigenvalue weighted by Gasteiger charge is 2.33. The quantitative estimate of drug-likeness (QED) is 0.177. The largest absolute Gasteiger partial charge is 0.489 e. The van der Waals surface area contributed by atoms with E-state index in [1.165, 1.54) is 39.8 Å². The number of hydrogen-bond donors (Lipinski definition) is 0. The molecule has 3 aromatic rings. The molecule has 0 unspecified atom stereocenters. The maximum absolute atomic E-state index is 13.6. The molecule has 1 aromatic heterocycles. The molecule has 280 valence electrons. The summed E-state index contributed by atoms with van der Waals surface area (Å²) >= 11 is 12.8. The predicted octanol–water partition coefficient (Wildman–Crippen LogP) is 5.29. The number of aromatic nitrogens is 1. The number of morpholine rings is 1. The molecule has 2 fully saturated rings. The Bertz CT molecular complexity index is 1880. The topological polar surface area (TPSA) is 128 Å². The maximum Gasteiger partial charge on any atom is 0.387 e. The highest BCUT2D eigenvalue weighted by atomic mass is 35.5. The molecule has 1 saturated heterocycles. The smallest absolute Gasteiger partial charge is 0.387 e. The average molecular weight is 784 g/mol.